The number of hydrogen-bond donors (Lipinski definition) is 0. The molecule has 3 aliphatic rings. The van der Waals surface area contributed by atoms with Crippen molar-refractivity contribution in [2.75, 3.05) is 4.90 Å². The zero-order chi connectivity index (χ0) is 46.4. The van der Waals surface area contributed by atoms with Crippen molar-refractivity contribution in [2.24, 2.45) is 0 Å². The van der Waals surface area contributed by atoms with E-state index in [0.29, 0.717) is 0 Å². The normalized spacial score (nSPS) is 13.9. The highest BCUT2D eigenvalue weighted by Gasteiger charge is 2.46. The molecule has 0 spiro atoms. The third-order valence-electron chi connectivity index (χ3n) is 17.3. The van der Waals surface area contributed by atoms with E-state index in [1.54, 1.807) is 0 Å². The van der Waals surface area contributed by atoms with Crippen molar-refractivity contribution in [3.8, 4) is 33.4 Å². The molecule has 11 rings (SSSR count). The van der Waals surface area contributed by atoms with Crippen molar-refractivity contribution in [3.05, 3.63) is 193 Å². The molecular weight excluding hydrogens is 792 g/mol. The van der Waals surface area contributed by atoms with Crippen LogP contribution in [-0.4, -0.2) is 13.4 Å². The van der Waals surface area contributed by atoms with E-state index in [4.69, 9.17) is 0 Å². The van der Waals surface area contributed by atoms with Gasteiger partial charge in [0.2, 0.25) is 13.4 Å². The zero-order valence-electron chi connectivity index (χ0n) is 41.6. The molecule has 2 aliphatic heterocycles. The van der Waals surface area contributed by atoms with E-state index in [1.165, 1.54) is 161 Å². The minimum Gasteiger partial charge on any atom is -0.313 e. The summed E-state index contributed by atoms with van der Waals surface area (Å²) in [6.07, 6.45) is 0. The highest BCUT2D eigenvalue weighted by Crippen LogP contribution is 2.49. The number of benzene rings is 8. The van der Waals surface area contributed by atoms with E-state index in [9.17, 15) is 0 Å². The molecule has 0 aromatic heterocycles. The second kappa shape index (κ2) is 14.8. The molecule has 324 valence electrons. The van der Waals surface area contributed by atoms with Crippen LogP contribution in [0.5, 0.6) is 0 Å². The summed E-state index contributed by atoms with van der Waals surface area (Å²) in [5.74, 6) is 0. The second-order valence-corrected chi connectivity index (χ2v) is 20.9. The Balaban J connectivity index is 1.19. The first-order valence-corrected chi connectivity index (χ1v) is 24.2. The summed E-state index contributed by atoms with van der Waals surface area (Å²) in [7, 11) is 0. The van der Waals surface area contributed by atoms with Gasteiger partial charge in [-0.3, -0.25) is 0 Å². The fraction of sp³-hybridized carbons (Fsp3) is 0.238. The SMILES string of the molecule is Cc1ccc2c(c1)B(c1c(C)c(C)c(C)c(C)c1C)c1cc(-c3ccc(-c4ccc5c(c4)C(C)(C)c4ccccc4-5)cc3)cc3c1N2c1ccc(C)cc1B3c1c(C)c(C)c(C)c(C)c1C. The molecule has 8 aromatic carbocycles. The Bertz CT molecular complexity index is 3210. The van der Waals surface area contributed by atoms with Gasteiger partial charge in [-0.1, -0.05) is 155 Å². The van der Waals surface area contributed by atoms with Crippen molar-refractivity contribution < 1.29 is 0 Å². The van der Waals surface area contributed by atoms with Gasteiger partial charge >= 0.3 is 0 Å². The fourth-order valence-electron chi connectivity index (χ4n) is 12.8. The molecule has 1 nitrogen and oxygen atoms in total. The Labute approximate surface area is 395 Å². The molecule has 0 N–H and O–H groups in total. The van der Waals surface area contributed by atoms with Crippen LogP contribution in [0, 0.1) is 83.1 Å². The van der Waals surface area contributed by atoms with Gasteiger partial charge in [0.15, 0.2) is 0 Å². The molecule has 0 bridgehead atoms. The van der Waals surface area contributed by atoms with Gasteiger partial charge in [-0.2, -0.15) is 0 Å². The van der Waals surface area contributed by atoms with Crippen LogP contribution in [0.2, 0.25) is 0 Å². The maximum atomic E-state index is 2.65. The third-order valence-corrected chi connectivity index (χ3v) is 17.3. The Morgan fingerprint density at radius 3 is 1.24 bits per heavy atom. The van der Waals surface area contributed by atoms with E-state index in [1.807, 2.05) is 0 Å². The molecule has 0 unspecified atom stereocenters. The lowest BCUT2D eigenvalue weighted by Gasteiger charge is -2.45. The van der Waals surface area contributed by atoms with Crippen molar-refractivity contribution in [2.45, 2.75) is 102 Å². The Kier molecular flexibility index (Phi) is 9.52. The number of anilines is 3. The van der Waals surface area contributed by atoms with Gasteiger partial charge in [-0.25, -0.2) is 0 Å². The molecule has 0 saturated heterocycles. The minimum atomic E-state index is -0.0435. The van der Waals surface area contributed by atoms with Gasteiger partial charge in [-0.05, 0) is 201 Å². The second-order valence-electron chi connectivity index (χ2n) is 20.9. The molecule has 0 saturated carbocycles. The standard InChI is InChI=1S/C63H61B2N/c1-34-19-27-58-54(29-34)64(60-42(9)38(5)36(3)39(6)43(60)10)56-32-49(47-23-21-46(22-24-47)48-25-26-51-50-17-15-16-18-52(50)63(13,14)53(51)31-48)33-57-62(56)66(58)59-28-20-35(2)30-55(59)65(57)61-44(11)40(7)37(4)41(8)45(61)12/h15-33H,1-14H3. The largest absolute Gasteiger partial charge is 0.313 e. The summed E-state index contributed by atoms with van der Waals surface area (Å²) in [5.41, 5.74) is 39.6. The average molecular weight is 854 g/mol. The third kappa shape index (κ3) is 5.87. The molecule has 0 amide bonds. The predicted octanol–water partition coefficient (Wildman–Crippen LogP) is 12.2. The van der Waals surface area contributed by atoms with E-state index >= 15 is 0 Å². The minimum absolute atomic E-state index is 0.0435. The van der Waals surface area contributed by atoms with E-state index < -0.39 is 0 Å². The summed E-state index contributed by atoms with van der Waals surface area (Å²) in [6, 6.07) is 45.1. The molecule has 66 heavy (non-hydrogen) atoms. The molecule has 8 aromatic rings. The van der Waals surface area contributed by atoms with Gasteiger partial charge in [0.1, 0.15) is 0 Å². The zero-order valence-corrected chi connectivity index (χ0v) is 41.6. The Hall–Kier alpha value is -6.31. The summed E-state index contributed by atoms with van der Waals surface area (Å²) >= 11 is 0. The van der Waals surface area contributed by atoms with Crippen molar-refractivity contribution in [1.82, 2.24) is 0 Å². The molecule has 3 heteroatoms. The van der Waals surface area contributed by atoms with Crippen LogP contribution in [-0.2, 0) is 5.41 Å². The monoisotopic (exact) mass is 853 g/mol. The lowest BCUT2D eigenvalue weighted by Crippen LogP contribution is -2.66. The van der Waals surface area contributed by atoms with Gasteiger partial charge < -0.3 is 4.90 Å². The van der Waals surface area contributed by atoms with Gasteiger partial charge in [0.05, 0.1) is 0 Å². The molecule has 0 atom stereocenters. The van der Waals surface area contributed by atoms with Crippen LogP contribution < -0.4 is 37.7 Å². The Morgan fingerprint density at radius 2 is 0.758 bits per heavy atom. The molecule has 0 radical (unpaired) electrons. The maximum absolute atomic E-state index is 2.65. The number of fused-ring (bicyclic) bond motifs is 7. The van der Waals surface area contributed by atoms with Gasteiger partial charge in [-0.15, -0.1) is 0 Å². The van der Waals surface area contributed by atoms with Crippen molar-refractivity contribution in [3.63, 3.8) is 0 Å². The summed E-state index contributed by atoms with van der Waals surface area (Å²) in [5, 5.41) is 0. The fourth-order valence-corrected chi connectivity index (χ4v) is 12.8. The summed E-state index contributed by atoms with van der Waals surface area (Å²) < 4.78 is 0. The smallest absolute Gasteiger partial charge is 0.247 e. The van der Waals surface area contributed by atoms with Gasteiger partial charge in [0, 0.05) is 22.5 Å². The molecule has 1 aliphatic carbocycles. The topological polar surface area (TPSA) is 3.24 Å². The summed E-state index contributed by atoms with van der Waals surface area (Å²) in [6.45, 7) is 32.9. The van der Waals surface area contributed by atoms with E-state index in [0.717, 1.165) is 0 Å². The molecule has 2 heterocycles. The first-order chi connectivity index (χ1) is 31.5. The summed E-state index contributed by atoms with van der Waals surface area (Å²) in [4.78, 5) is 2.65. The number of hydrogen-bond acceptors (Lipinski definition) is 1. The van der Waals surface area contributed by atoms with Crippen LogP contribution in [0.1, 0.15) is 91.7 Å². The number of nitrogens with zero attached hydrogens (tertiary/aromatic N) is 1. The highest BCUT2D eigenvalue weighted by atomic mass is 15.2. The van der Waals surface area contributed by atoms with Crippen LogP contribution in [0.3, 0.4) is 0 Å². The van der Waals surface area contributed by atoms with Gasteiger partial charge in [0.25, 0.3) is 0 Å². The van der Waals surface area contributed by atoms with E-state index in [-0.39, 0.29) is 18.8 Å². The van der Waals surface area contributed by atoms with Crippen LogP contribution in [0.4, 0.5) is 17.1 Å². The van der Waals surface area contributed by atoms with Crippen LogP contribution >= 0.6 is 0 Å². The highest BCUT2D eigenvalue weighted by molar-refractivity contribution is 7.02. The van der Waals surface area contributed by atoms with Crippen molar-refractivity contribution in [1.29, 1.82) is 0 Å². The number of aryl methyl sites for hydroxylation is 2. The quantitative estimate of drug-likeness (QED) is 0.159. The van der Waals surface area contributed by atoms with E-state index in [2.05, 4.69) is 217 Å². The average Bonchev–Trinajstić information content (AvgIpc) is 3.55. The first-order valence-electron chi connectivity index (χ1n) is 24.2. The van der Waals surface area contributed by atoms with Crippen LogP contribution in [0.15, 0.2) is 115 Å². The lowest BCUT2D eigenvalue weighted by molar-refractivity contribution is 0.660. The lowest BCUT2D eigenvalue weighted by atomic mass is 9.29. The first kappa shape index (κ1) is 42.3. The molecule has 0 fully saturated rings. The predicted molar refractivity (Wildman–Crippen MR) is 289 cm³/mol. The molecular formula is C63H61B2N. The van der Waals surface area contributed by atoms with Crippen LogP contribution in [0.25, 0.3) is 33.4 Å². The number of rotatable bonds is 4. The van der Waals surface area contributed by atoms with Crippen molar-refractivity contribution >= 4 is 63.3 Å². The Morgan fingerprint density at radius 1 is 0.348 bits per heavy atom. The maximum Gasteiger partial charge on any atom is 0.247 e.